The molecular formula is C40H54N6O5S4. The van der Waals surface area contributed by atoms with Crippen LogP contribution in [0.5, 0.6) is 0 Å². The minimum absolute atomic E-state index is 0. The monoisotopic (exact) mass is 826 g/mol. The quantitative estimate of drug-likeness (QED) is 0.167. The topological polar surface area (TPSA) is 128 Å². The van der Waals surface area contributed by atoms with Gasteiger partial charge in [0.1, 0.15) is 12.1 Å². The number of nitrogens with one attached hydrogen (secondary N) is 2. The predicted octanol–water partition coefficient (Wildman–Crippen LogP) is 6.51. The van der Waals surface area contributed by atoms with Crippen molar-refractivity contribution in [1.29, 1.82) is 0 Å². The lowest BCUT2D eigenvalue weighted by Crippen LogP contribution is -2.61. The van der Waals surface area contributed by atoms with E-state index in [-0.39, 0.29) is 77.4 Å². The third-order valence-electron chi connectivity index (χ3n) is 10.6. The Balaban J connectivity index is 0.00000224. The molecule has 2 fully saturated rings. The van der Waals surface area contributed by atoms with Crippen LogP contribution in [0.4, 0.5) is 0 Å². The predicted molar refractivity (Wildman–Crippen MR) is 232 cm³/mol. The Kier molecular flexibility index (Phi) is 14.8. The Morgan fingerprint density at radius 2 is 1.95 bits per heavy atom. The van der Waals surface area contributed by atoms with Crippen LogP contribution in [0.25, 0.3) is 33.4 Å². The molecule has 11 nitrogen and oxygen atoms in total. The summed E-state index contributed by atoms with van der Waals surface area (Å²) in [5.74, 6) is -1.04. The Bertz CT molecular complexity index is 2040. The van der Waals surface area contributed by atoms with Gasteiger partial charge in [0, 0.05) is 71.6 Å². The maximum Gasteiger partial charge on any atom is 0.324 e. The van der Waals surface area contributed by atoms with Crippen LogP contribution in [0.3, 0.4) is 0 Å². The van der Waals surface area contributed by atoms with E-state index in [0.29, 0.717) is 38.6 Å². The molecule has 3 aliphatic rings. The number of hydrogen-bond acceptors (Lipinski definition) is 9. The molecule has 0 unspecified atom stereocenters. The summed E-state index contributed by atoms with van der Waals surface area (Å²) >= 11 is 1.48. The van der Waals surface area contributed by atoms with Crippen LogP contribution < -0.4 is 10.7 Å². The number of cyclic esters (lactones) is 1. The first-order valence-corrected chi connectivity index (χ1v) is 19.1. The Morgan fingerprint density at radius 1 is 1.18 bits per heavy atom. The van der Waals surface area contributed by atoms with E-state index in [4.69, 9.17) is 19.4 Å². The van der Waals surface area contributed by atoms with Crippen molar-refractivity contribution in [2.45, 2.75) is 91.0 Å². The number of ether oxygens (including phenoxy) is 2. The zero-order valence-corrected chi connectivity index (χ0v) is 36.0. The van der Waals surface area contributed by atoms with Crippen molar-refractivity contribution in [2.75, 3.05) is 20.3 Å². The Hall–Kier alpha value is -3.34. The first-order valence-electron chi connectivity index (χ1n) is 18.3. The summed E-state index contributed by atoms with van der Waals surface area (Å²) in [5.41, 5.74) is 10.7. The average molecular weight is 827 g/mol. The minimum Gasteiger partial charge on any atom is -0.464 e. The molecule has 1 saturated carbocycles. The highest BCUT2D eigenvalue weighted by molar-refractivity contribution is 7.59. The highest BCUT2D eigenvalue weighted by Crippen LogP contribution is 2.42. The van der Waals surface area contributed by atoms with Crippen LogP contribution in [0.2, 0.25) is 0 Å². The number of hydrazine groups is 1. The molecule has 6 bridgehead atoms. The lowest BCUT2D eigenvalue weighted by atomic mass is 9.80. The number of esters is 1. The van der Waals surface area contributed by atoms with Crippen LogP contribution in [-0.4, -0.2) is 69.7 Å². The van der Waals surface area contributed by atoms with Gasteiger partial charge in [-0.3, -0.25) is 24.4 Å². The maximum absolute atomic E-state index is 14.1. The standard InChI is InChI=1S/C40H48N6O5S.3H2S/c1-7-45-33-13-12-25-18-28(33)29(36(45)27-10-8-14-41-35(27)24(3)50-6)20-40(4,5)22-51-39(49)30-11-9-15-46(44-30)38(48)31(19-34-42-32(25)21-52-34)43-37(47)26-16-23(2)17-26;;;/h8,10,12-14,18,21,24,26,30-31,44H,2,7,9,11,15-17,19-20,22H2,1,3-6H3,(H,43,47);3*1H2/t24-,30-,31-;;;/m0.../s1. The van der Waals surface area contributed by atoms with Crippen molar-refractivity contribution >= 4 is 80.5 Å². The Labute approximate surface area is 348 Å². The fraction of sp³-hybridized carbons (Fsp3) is 0.475. The second kappa shape index (κ2) is 18.3. The molecular weight excluding hydrogens is 773 g/mol. The third-order valence-corrected chi connectivity index (χ3v) is 11.5. The van der Waals surface area contributed by atoms with E-state index in [1.807, 2.05) is 18.4 Å². The molecule has 55 heavy (non-hydrogen) atoms. The summed E-state index contributed by atoms with van der Waals surface area (Å²) in [6.45, 7) is 13.7. The first kappa shape index (κ1) is 44.4. The van der Waals surface area contributed by atoms with Gasteiger partial charge in [0.05, 0.1) is 34.8 Å². The first-order chi connectivity index (χ1) is 25.0. The summed E-state index contributed by atoms with van der Waals surface area (Å²) in [6, 6.07) is 9.00. The van der Waals surface area contributed by atoms with E-state index in [1.54, 1.807) is 13.3 Å². The van der Waals surface area contributed by atoms with Crippen molar-refractivity contribution in [3.63, 3.8) is 0 Å². The molecule has 1 saturated heterocycles. The van der Waals surface area contributed by atoms with E-state index in [2.05, 4.69) is 66.9 Å². The molecule has 0 radical (unpaired) electrons. The highest BCUT2D eigenvalue weighted by Gasteiger charge is 2.37. The summed E-state index contributed by atoms with van der Waals surface area (Å²) in [7, 11) is 1.70. The highest BCUT2D eigenvalue weighted by atomic mass is 32.1. The zero-order chi connectivity index (χ0) is 36.7. The SMILES string of the molecule is C=C1CC(C(=O)N[C@H]2Cc3nc(cs3)-c3ccc4c(c3)c(c(-c3cccnc3[C@H](C)OC)n4CC)CC(C)(C)COC(=O)[C@@H]3CCCN(N3)C2=O)C1.S.S.S. The number of methoxy groups -OCH3 is 1. The van der Waals surface area contributed by atoms with Crippen molar-refractivity contribution in [2.24, 2.45) is 11.3 Å². The molecule has 7 rings (SSSR count). The van der Waals surface area contributed by atoms with Gasteiger partial charge >= 0.3 is 5.97 Å². The molecule has 2 aliphatic heterocycles. The minimum atomic E-state index is -0.848. The number of aryl methyl sites for hydroxylation is 1. The number of pyridine rings is 1. The number of amides is 2. The third kappa shape index (κ3) is 9.12. The fourth-order valence-electron chi connectivity index (χ4n) is 7.68. The molecule has 3 aromatic heterocycles. The van der Waals surface area contributed by atoms with E-state index < -0.39 is 23.5 Å². The van der Waals surface area contributed by atoms with Crippen LogP contribution in [-0.2, 0) is 43.2 Å². The van der Waals surface area contributed by atoms with Crippen LogP contribution in [0.15, 0.2) is 54.1 Å². The molecule has 5 heterocycles. The van der Waals surface area contributed by atoms with Gasteiger partial charge in [0.25, 0.3) is 5.91 Å². The summed E-state index contributed by atoms with van der Waals surface area (Å²) in [6.07, 6.45) is 4.85. The molecule has 15 heteroatoms. The van der Waals surface area contributed by atoms with Gasteiger partial charge in [0.15, 0.2) is 0 Å². The van der Waals surface area contributed by atoms with Gasteiger partial charge in [-0.2, -0.15) is 40.5 Å². The number of carbonyl (C=O) groups excluding carboxylic acids is 3. The Morgan fingerprint density at radius 3 is 2.65 bits per heavy atom. The van der Waals surface area contributed by atoms with Gasteiger partial charge in [-0.05, 0) is 75.8 Å². The van der Waals surface area contributed by atoms with Crippen LogP contribution in [0.1, 0.15) is 75.7 Å². The lowest BCUT2D eigenvalue weighted by molar-refractivity contribution is -0.155. The molecule has 298 valence electrons. The average Bonchev–Trinajstić information content (AvgIpc) is 3.72. The molecule has 0 spiro atoms. The summed E-state index contributed by atoms with van der Waals surface area (Å²) < 4.78 is 14.2. The van der Waals surface area contributed by atoms with Crippen LogP contribution >= 0.6 is 51.8 Å². The number of rotatable bonds is 6. The number of benzene rings is 1. The van der Waals surface area contributed by atoms with E-state index in [0.717, 1.165) is 61.8 Å². The van der Waals surface area contributed by atoms with Gasteiger partial charge in [-0.15, -0.1) is 11.3 Å². The van der Waals surface area contributed by atoms with E-state index >= 15 is 0 Å². The van der Waals surface area contributed by atoms with Crippen molar-refractivity contribution in [3.8, 4) is 22.5 Å². The lowest BCUT2D eigenvalue weighted by Gasteiger charge is -2.36. The summed E-state index contributed by atoms with van der Waals surface area (Å²) in [4.78, 5) is 50.7. The number of thiazole rings is 1. The number of aromatic nitrogens is 3. The smallest absolute Gasteiger partial charge is 0.324 e. The molecule has 1 aliphatic carbocycles. The molecule has 2 N–H and O–H groups in total. The molecule has 3 atom stereocenters. The number of carbonyl (C=O) groups is 3. The number of hydrogen-bond donors (Lipinski definition) is 2. The number of nitrogens with zero attached hydrogens (tertiary/aromatic N) is 4. The van der Waals surface area contributed by atoms with Crippen molar-refractivity contribution in [1.82, 2.24) is 30.3 Å². The molecule has 1 aromatic carbocycles. The van der Waals surface area contributed by atoms with E-state index in [1.165, 1.54) is 16.3 Å². The normalized spacial score (nSPS) is 20.5. The summed E-state index contributed by atoms with van der Waals surface area (Å²) in [5, 5.41) is 8.36. The van der Waals surface area contributed by atoms with Gasteiger partial charge in [-0.1, -0.05) is 32.1 Å². The molecule has 4 aromatic rings. The second-order valence-electron chi connectivity index (χ2n) is 15.1. The fourth-order valence-corrected chi connectivity index (χ4v) is 8.53. The van der Waals surface area contributed by atoms with Crippen molar-refractivity contribution < 1.29 is 23.9 Å². The van der Waals surface area contributed by atoms with Gasteiger partial charge < -0.3 is 19.4 Å². The maximum atomic E-state index is 14.1. The molecule has 2 amide bonds. The second-order valence-corrected chi connectivity index (χ2v) is 16.1. The van der Waals surface area contributed by atoms with Crippen LogP contribution in [0, 0.1) is 11.3 Å². The van der Waals surface area contributed by atoms with Gasteiger partial charge in [0.2, 0.25) is 5.91 Å². The zero-order valence-electron chi connectivity index (χ0n) is 32.2. The number of allylic oxidation sites excluding steroid dienone is 1. The number of fused-ring (bicyclic) bond motifs is 6. The van der Waals surface area contributed by atoms with E-state index in [9.17, 15) is 14.4 Å². The largest absolute Gasteiger partial charge is 0.464 e. The van der Waals surface area contributed by atoms with Gasteiger partial charge in [-0.25, -0.2) is 10.4 Å². The van der Waals surface area contributed by atoms with Crippen molar-refractivity contribution in [3.05, 3.63) is 70.3 Å².